The molecule has 0 aliphatic heterocycles. The molecule has 0 amide bonds. The van der Waals surface area contributed by atoms with Crippen LogP contribution in [0.1, 0.15) is 24.2 Å². The molecule has 88 valence electrons. The van der Waals surface area contributed by atoms with Gasteiger partial charge in [-0.3, -0.25) is 4.98 Å². The van der Waals surface area contributed by atoms with Crippen LogP contribution in [0.25, 0.3) is 10.9 Å². The molecule has 1 unspecified atom stereocenters. The minimum absolute atomic E-state index is 0.187. The van der Waals surface area contributed by atoms with E-state index < -0.39 is 0 Å². The number of fused-ring (bicyclic) bond motifs is 1. The van der Waals surface area contributed by atoms with Crippen LogP contribution in [0.3, 0.4) is 0 Å². The molecule has 1 N–H and O–H groups in total. The molecule has 0 bridgehead atoms. The molecule has 1 atom stereocenters. The van der Waals surface area contributed by atoms with Crippen LogP contribution in [-0.4, -0.2) is 11.5 Å². The maximum Gasteiger partial charge on any atom is 0.0708 e. The fourth-order valence-electron chi connectivity index (χ4n) is 2.14. The normalized spacial score (nSPS) is 12.6. The van der Waals surface area contributed by atoms with Gasteiger partial charge in [-0.1, -0.05) is 31.2 Å². The lowest BCUT2D eigenvalue weighted by atomic mass is 10.0. The SMILES string of the molecule is C=CC(NCC)c1cc(C)nc2ccccc12. The number of aryl methyl sites for hydroxylation is 1. The first kappa shape index (κ1) is 11.8. The third-order valence-electron chi connectivity index (χ3n) is 2.87. The number of hydrogen-bond acceptors (Lipinski definition) is 2. The summed E-state index contributed by atoms with van der Waals surface area (Å²) in [6.07, 6.45) is 1.95. The fourth-order valence-corrected chi connectivity index (χ4v) is 2.14. The number of para-hydroxylation sites is 1. The molecule has 1 heterocycles. The van der Waals surface area contributed by atoms with Gasteiger partial charge in [0.2, 0.25) is 0 Å². The van der Waals surface area contributed by atoms with E-state index in [9.17, 15) is 0 Å². The van der Waals surface area contributed by atoms with Gasteiger partial charge in [-0.2, -0.15) is 0 Å². The summed E-state index contributed by atoms with van der Waals surface area (Å²) in [6, 6.07) is 10.6. The van der Waals surface area contributed by atoms with E-state index in [-0.39, 0.29) is 6.04 Å². The van der Waals surface area contributed by atoms with Crippen molar-refractivity contribution in [1.82, 2.24) is 10.3 Å². The number of nitrogens with one attached hydrogen (secondary N) is 1. The maximum atomic E-state index is 4.55. The number of likely N-dealkylation sites (N-methyl/N-ethyl adjacent to an activating group) is 1. The van der Waals surface area contributed by atoms with Crippen LogP contribution in [0.4, 0.5) is 0 Å². The molecule has 17 heavy (non-hydrogen) atoms. The lowest BCUT2D eigenvalue weighted by molar-refractivity contribution is 0.652. The van der Waals surface area contributed by atoms with Gasteiger partial charge >= 0.3 is 0 Å². The lowest BCUT2D eigenvalue weighted by Crippen LogP contribution is -2.19. The van der Waals surface area contributed by atoms with Crippen LogP contribution in [0.5, 0.6) is 0 Å². The highest BCUT2D eigenvalue weighted by Crippen LogP contribution is 2.24. The van der Waals surface area contributed by atoms with Crippen LogP contribution >= 0.6 is 0 Å². The first-order valence-corrected chi connectivity index (χ1v) is 5.98. The number of nitrogens with zero attached hydrogens (tertiary/aromatic N) is 1. The highest BCUT2D eigenvalue weighted by Gasteiger charge is 2.11. The summed E-state index contributed by atoms with van der Waals surface area (Å²) in [5, 5.41) is 4.62. The molecule has 0 aliphatic carbocycles. The van der Waals surface area contributed by atoms with Gasteiger partial charge in [0.25, 0.3) is 0 Å². The van der Waals surface area contributed by atoms with E-state index in [0.717, 1.165) is 17.8 Å². The smallest absolute Gasteiger partial charge is 0.0708 e. The van der Waals surface area contributed by atoms with E-state index in [1.807, 2.05) is 19.1 Å². The third kappa shape index (κ3) is 2.37. The maximum absolute atomic E-state index is 4.55. The summed E-state index contributed by atoms with van der Waals surface area (Å²) in [6.45, 7) is 8.97. The zero-order valence-corrected chi connectivity index (χ0v) is 10.4. The summed E-state index contributed by atoms with van der Waals surface area (Å²) in [5.41, 5.74) is 3.35. The summed E-state index contributed by atoms with van der Waals surface area (Å²) < 4.78 is 0. The van der Waals surface area contributed by atoms with Crippen molar-refractivity contribution in [3.8, 4) is 0 Å². The summed E-state index contributed by atoms with van der Waals surface area (Å²) >= 11 is 0. The number of pyridine rings is 1. The number of benzene rings is 1. The zero-order valence-electron chi connectivity index (χ0n) is 10.4. The second kappa shape index (κ2) is 5.11. The largest absolute Gasteiger partial charge is 0.307 e. The van der Waals surface area contributed by atoms with Crippen LogP contribution < -0.4 is 5.32 Å². The van der Waals surface area contributed by atoms with Gasteiger partial charge in [-0.05, 0) is 31.2 Å². The van der Waals surface area contributed by atoms with Gasteiger partial charge in [-0.25, -0.2) is 0 Å². The molecular weight excluding hydrogens is 208 g/mol. The molecule has 2 nitrogen and oxygen atoms in total. The Labute approximate surface area is 102 Å². The van der Waals surface area contributed by atoms with Gasteiger partial charge in [0, 0.05) is 11.1 Å². The Bertz CT molecular complexity index is 531. The minimum atomic E-state index is 0.187. The van der Waals surface area contributed by atoms with Crippen molar-refractivity contribution in [2.24, 2.45) is 0 Å². The first-order chi connectivity index (χ1) is 8.26. The predicted octanol–water partition coefficient (Wildman–Crippen LogP) is 3.38. The van der Waals surface area contributed by atoms with E-state index >= 15 is 0 Å². The highest BCUT2D eigenvalue weighted by atomic mass is 14.9. The molecule has 1 aromatic carbocycles. The Morgan fingerprint density at radius 2 is 2.18 bits per heavy atom. The van der Waals surface area contributed by atoms with E-state index in [1.54, 1.807) is 0 Å². The molecule has 0 fully saturated rings. The van der Waals surface area contributed by atoms with E-state index in [2.05, 4.69) is 48.1 Å². The van der Waals surface area contributed by atoms with Crippen molar-refractivity contribution in [2.75, 3.05) is 6.54 Å². The molecule has 1 aromatic heterocycles. The molecule has 2 aromatic rings. The van der Waals surface area contributed by atoms with E-state index in [4.69, 9.17) is 0 Å². The van der Waals surface area contributed by atoms with Crippen LogP contribution in [0, 0.1) is 6.92 Å². The van der Waals surface area contributed by atoms with E-state index in [1.165, 1.54) is 10.9 Å². The number of rotatable bonds is 4. The monoisotopic (exact) mass is 226 g/mol. The van der Waals surface area contributed by atoms with Crippen LogP contribution in [0.2, 0.25) is 0 Å². The molecule has 0 spiro atoms. The Hall–Kier alpha value is -1.67. The van der Waals surface area contributed by atoms with Crippen molar-refractivity contribution in [3.63, 3.8) is 0 Å². The molecule has 0 saturated heterocycles. The lowest BCUT2D eigenvalue weighted by Gasteiger charge is -2.16. The van der Waals surface area contributed by atoms with Crippen molar-refractivity contribution in [1.29, 1.82) is 0 Å². The molecule has 2 heteroatoms. The van der Waals surface area contributed by atoms with Gasteiger partial charge < -0.3 is 5.32 Å². The van der Waals surface area contributed by atoms with Crippen LogP contribution in [-0.2, 0) is 0 Å². The van der Waals surface area contributed by atoms with Crippen LogP contribution in [0.15, 0.2) is 43.0 Å². The first-order valence-electron chi connectivity index (χ1n) is 5.98. The number of aromatic nitrogens is 1. The molecular formula is C15H18N2. The topological polar surface area (TPSA) is 24.9 Å². The summed E-state index contributed by atoms with van der Waals surface area (Å²) in [5.74, 6) is 0. The number of hydrogen-bond donors (Lipinski definition) is 1. The summed E-state index contributed by atoms with van der Waals surface area (Å²) in [7, 11) is 0. The van der Waals surface area contributed by atoms with Crippen molar-refractivity contribution in [2.45, 2.75) is 19.9 Å². The average Bonchev–Trinajstić information content (AvgIpc) is 2.35. The Morgan fingerprint density at radius 1 is 1.41 bits per heavy atom. The second-order valence-corrected chi connectivity index (χ2v) is 4.14. The van der Waals surface area contributed by atoms with E-state index in [0.29, 0.717) is 0 Å². The second-order valence-electron chi connectivity index (χ2n) is 4.14. The standard InChI is InChI=1S/C15H18N2/c1-4-14(16-5-2)13-10-11(3)17-15-9-7-6-8-12(13)15/h4,6-10,14,16H,1,5H2,2-3H3. The van der Waals surface area contributed by atoms with Crippen molar-refractivity contribution < 1.29 is 0 Å². The average molecular weight is 226 g/mol. The fraction of sp³-hybridized carbons (Fsp3) is 0.267. The van der Waals surface area contributed by atoms with Crippen molar-refractivity contribution in [3.05, 3.63) is 54.2 Å². The summed E-state index contributed by atoms with van der Waals surface area (Å²) in [4.78, 5) is 4.55. The molecule has 0 saturated carbocycles. The zero-order chi connectivity index (χ0) is 12.3. The molecule has 0 aliphatic rings. The van der Waals surface area contributed by atoms with Gasteiger partial charge in [0.15, 0.2) is 0 Å². The minimum Gasteiger partial charge on any atom is -0.307 e. The predicted molar refractivity (Wildman–Crippen MR) is 73.1 cm³/mol. The Balaban J connectivity index is 2.61. The Kier molecular flexibility index (Phi) is 3.55. The quantitative estimate of drug-likeness (QED) is 0.808. The van der Waals surface area contributed by atoms with Gasteiger partial charge in [-0.15, -0.1) is 6.58 Å². The van der Waals surface area contributed by atoms with Gasteiger partial charge in [0.1, 0.15) is 0 Å². The van der Waals surface area contributed by atoms with Crippen molar-refractivity contribution >= 4 is 10.9 Å². The highest BCUT2D eigenvalue weighted by molar-refractivity contribution is 5.83. The Morgan fingerprint density at radius 3 is 2.88 bits per heavy atom. The van der Waals surface area contributed by atoms with Gasteiger partial charge in [0.05, 0.1) is 11.6 Å². The molecule has 0 radical (unpaired) electrons. The third-order valence-corrected chi connectivity index (χ3v) is 2.87. The molecule has 2 rings (SSSR count).